The fourth-order valence-electron chi connectivity index (χ4n) is 4.29. The molecule has 3 heteroatoms. The van der Waals surface area contributed by atoms with E-state index in [1.165, 1.54) is 57.8 Å². The maximum absolute atomic E-state index is 6.27. The zero-order valence-electron chi connectivity index (χ0n) is 17.7. The summed E-state index contributed by atoms with van der Waals surface area (Å²) in [6.07, 6.45) is 12.6. The van der Waals surface area contributed by atoms with Crippen molar-refractivity contribution >= 4 is 0 Å². The molecule has 1 rings (SSSR count). The number of hydrogen-bond donors (Lipinski definition) is 0. The van der Waals surface area contributed by atoms with Gasteiger partial charge < -0.3 is 14.2 Å². The van der Waals surface area contributed by atoms with E-state index in [0.29, 0.717) is 11.3 Å². The smallest absolute Gasteiger partial charge is 0.170 e. The molecule has 1 unspecified atom stereocenters. The Kier molecular flexibility index (Phi) is 11.3. The molecule has 1 saturated heterocycles. The summed E-state index contributed by atoms with van der Waals surface area (Å²) in [5.41, 5.74) is 0.349. The van der Waals surface area contributed by atoms with E-state index < -0.39 is 5.79 Å². The topological polar surface area (TPSA) is 27.7 Å². The molecule has 0 radical (unpaired) electrons. The van der Waals surface area contributed by atoms with Crippen molar-refractivity contribution in [2.24, 2.45) is 11.3 Å². The van der Waals surface area contributed by atoms with Crippen LogP contribution in [-0.4, -0.2) is 32.2 Å². The van der Waals surface area contributed by atoms with Crippen LogP contribution in [-0.2, 0) is 14.2 Å². The highest BCUT2D eigenvalue weighted by Gasteiger charge is 2.46. The van der Waals surface area contributed by atoms with Crippen LogP contribution in [0.4, 0.5) is 0 Å². The molecule has 0 aromatic carbocycles. The van der Waals surface area contributed by atoms with Crippen LogP contribution in [0.25, 0.3) is 0 Å². The van der Waals surface area contributed by atoms with Gasteiger partial charge in [0.15, 0.2) is 5.79 Å². The summed E-state index contributed by atoms with van der Waals surface area (Å²) in [7, 11) is 0. The Balaban J connectivity index is 2.73. The molecule has 150 valence electrons. The van der Waals surface area contributed by atoms with Crippen LogP contribution in [0, 0.1) is 11.3 Å². The van der Waals surface area contributed by atoms with Crippen LogP contribution >= 0.6 is 0 Å². The largest absolute Gasteiger partial charge is 0.380 e. The number of hydrogen-bond acceptors (Lipinski definition) is 3. The van der Waals surface area contributed by atoms with Crippen molar-refractivity contribution in [3.05, 3.63) is 0 Å². The van der Waals surface area contributed by atoms with Gasteiger partial charge in [-0.25, -0.2) is 0 Å². The first kappa shape index (κ1) is 22.9. The Morgan fingerprint density at radius 1 is 0.880 bits per heavy atom. The lowest BCUT2D eigenvalue weighted by Gasteiger charge is -2.48. The van der Waals surface area contributed by atoms with Gasteiger partial charge in [0, 0.05) is 24.5 Å². The van der Waals surface area contributed by atoms with Crippen molar-refractivity contribution in [2.75, 3.05) is 26.4 Å². The summed E-state index contributed by atoms with van der Waals surface area (Å²) in [6, 6.07) is 0. The Labute approximate surface area is 157 Å². The first-order valence-electron chi connectivity index (χ1n) is 11.0. The molecule has 1 aliphatic rings. The van der Waals surface area contributed by atoms with Crippen molar-refractivity contribution in [1.29, 1.82) is 0 Å². The van der Waals surface area contributed by atoms with Crippen LogP contribution in [0.2, 0.25) is 0 Å². The SMILES string of the molecule is CCCCCCCCC(CC1(CC)COC1)C(CC)(OCC)OCC. The van der Waals surface area contributed by atoms with Crippen LogP contribution in [0.1, 0.15) is 98.8 Å². The fraction of sp³-hybridized carbons (Fsp3) is 1.00. The quantitative estimate of drug-likeness (QED) is 0.238. The molecule has 0 amide bonds. The van der Waals surface area contributed by atoms with Crippen molar-refractivity contribution in [2.45, 2.75) is 105 Å². The predicted octanol–water partition coefficient (Wildman–Crippen LogP) is 6.35. The molecule has 1 fully saturated rings. The van der Waals surface area contributed by atoms with Gasteiger partial charge in [-0.1, -0.05) is 59.3 Å². The van der Waals surface area contributed by atoms with Gasteiger partial charge in [-0.3, -0.25) is 0 Å². The first-order chi connectivity index (χ1) is 12.1. The third kappa shape index (κ3) is 6.84. The molecule has 1 atom stereocenters. The molecule has 0 aromatic heterocycles. The molecular formula is C22H44O3. The highest BCUT2D eigenvalue weighted by molar-refractivity contribution is 4.91. The summed E-state index contributed by atoms with van der Waals surface area (Å²) in [5, 5.41) is 0. The molecule has 0 saturated carbocycles. The minimum Gasteiger partial charge on any atom is -0.380 e. The lowest BCUT2D eigenvalue weighted by molar-refractivity contribution is -0.278. The Morgan fingerprint density at radius 3 is 1.92 bits per heavy atom. The number of ether oxygens (including phenoxy) is 3. The maximum Gasteiger partial charge on any atom is 0.170 e. The lowest BCUT2D eigenvalue weighted by atomic mass is 9.71. The Morgan fingerprint density at radius 2 is 1.48 bits per heavy atom. The average molecular weight is 357 g/mol. The molecular weight excluding hydrogens is 312 g/mol. The van der Waals surface area contributed by atoms with E-state index in [9.17, 15) is 0 Å². The van der Waals surface area contributed by atoms with Gasteiger partial charge in [-0.2, -0.15) is 0 Å². The maximum atomic E-state index is 6.27. The number of unbranched alkanes of at least 4 members (excludes halogenated alkanes) is 5. The van der Waals surface area contributed by atoms with Crippen molar-refractivity contribution in [1.82, 2.24) is 0 Å². The van der Waals surface area contributed by atoms with Crippen molar-refractivity contribution in [3.63, 3.8) is 0 Å². The molecule has 0 N–H and O–H groups in total. The van der Waals surface area contributed by atoms with Gasteiger partial charge in [-0.15, -0.1) is 0 Å². The van der Waals surface area contributed by atoms with Gasteiger partial charge in [0.1, 0.15) is 0 Å². The lowest BCUT2D eigenvalue weighted by Crippen LogP contribution is -2.50. The highest BCUT2D eigenvalue weighted by Crippen LogP contribution is 2.45. The van der Waals surface area contributed by atoms with E-state index in [1.54, 1.807) is 0 Å². The second-order valence-electron chi connectivity index (χ2n) is 7.84. The van der Waals surface area contributed by atoms with Gasteiger partial charge in [-0.05, 0) is 39.5 Å². The fourth-order valence-corrected chi connectivity index (χ4v) is 4.29. The highest BCUT2D eigenvalue weighted by atomic mass is 16.7. The van der Waals surface area contributed by atoms with E-state index in [1.807, 2.05) is 0 Å². The summed E-state index contributed by atoms with van der Waals surface area (Å²) in [5.74, 6) is 0.0532. The van der Waals surface area contributed by atoms with Crippen molar-refractivity contribution in [3.8, 4) is 0 Å². The van der Waals surface area contributed by atoms with E-state index in [0.717, 1.165) is 32.8 Å². The van der Waals surface area contributed by atoms with Crippen molar-refractivity contribution < 1.29 is 14.2 Å². The van der Waals surface area contributed by atoms with Gasteiger partial charge >= 0.3 is 0 Å². The van der Waals surface area contributed by atoms with E-state index in [2.05, 4.69) is 34.6 Å². The molecule has 0 aromatic rings. The van der Waals surface area contributed by atoms with Crippen LogP contribution in [0.3, 0.4) is 0 Å². The van der Waals surface area contributed by atoms with Gasteiger partial charge in [0.25, 0.3) is 0 Å². The summed E-state index contributed by atoms with van der Waals surface area (Å²) < 4.78 is 18.1. The summed E-state index contributed by atoms with van der Waals surface area (Å²) in [6.45, 7) is 14.2. The zero-order chi connectivity index (χ0) is 18.6. The molecule has 3 nitrogen and oxygen atoms in total. The third-order valence-electron chi connectivity index (χ3n) is 6.04. The van der Waals surface area contributed by atoms with Crippen LogP contribution in [0.5, 0.6) is 0 Å². The normalized spacial score (nSPS) is 18.1. The first-order valence-corrected chi connectivity index (χ1v) is 11.0. The van der Waals surface area contributed by atoms with Crippen LogP contribution < -0.4 is 0 Å². The molecule has 1 aliphatic heterocycles. The molecule has 0 aliphatic carbocycles. The Hall–Kier alpha value is -0.120. The number of rotatable bonds is 16. The minimum absolute atomic E-state index is 0.349. The molecule has 0 bridgehead atoms. The summed E-state index contributed by atoms with van der Waals surface area (Å²) in [4.78, 5) is 0. The standard InChI is InChI=1S/C22H44O3/c1-6-11-12-13-14-15-16-20(17-21(7-2)18-23-19-21)22(8-3,24-9-4)25-10-5/h20H,6-19H2,1-5H3. The second kappa shape index (κ2) is 12.3. The van der Waals surface area contributed by atoms with Gasteiger partial charge in [0.2, 0.25) is 0 Å². The predicted molar refractivity (Wildman–Crippen MR) is 106 cm³/mol. The molecule has 25 heavy (non-hydrogen) atoms. The van der Waals surface area contributed by atoms with E-state index in [-0.39, 0.29) is 0 Å². The zero-order valence-corrected chi connectivity index (χ0v) is 17.7. The third-order valence-corrected chi connectivity index (χ3v) is 6.04. The monoisotopic (exact) mass is 356 g/mol. The van der Waals surface area contributed by atoms with Gasteiger partial charge in [0.05, 0.1) is 13.2 Å². The van der Waals surface area contributed by atoms with E-state index >= 15 is 0 Å². The minimum atomic E-state index is -0.412. The Bertz CT molecular complexity index is 314. The molecule has 0 spiro atoms. The second-order valence-corrected chi connectivity index (χ2v) is 7.84. The van der Waals surface area contributed by atoms with E-state index in [4.69, 9.17) is 14.2 Å². The molecule has 1 heterocycles. The average Bonchev–Trinajstić information content (AvgIpc) is 2.59. The van der Waals surface area contributed by atoms with Crippen LogP contribution in [0.15, 0.2) is 0 Å². The summed E-state index contributed by atoms with van der Waals surface area (Å²) >= 11 is 0.